The highest BCUT2D eigenvalue weighted by atomic mass is 35.5. The van der Waals surface area contributed by atoms with Gasteiger partial charge in [0.2, 0.25) is 11.8 Å². The largest absolute Gasteiger partial charge is 0.352 e. The first-order valence-corrected chi connectivity index (χ1v) is 7.99. The first-order valence-electron chi connectivity index (χ1n) is 7.61. The van der Waals surface area contributed by atoms with Crippen molar-refractivity contribution in [3.63, 3.8) is 0 Å². The van der Waals surface area contributed by atoms with Gasteiger partial charge < -0.3 is 10.2 Å². The third-order valence-corrected chi connectivity index (χ3v) is 4.23. The van der Waals surface area contributed by atoms with E-state index in [-0.39, 0.29) is 30.5 Å². The summed E-state index contributed by atoms with van der Waals surface area (Å²) in [6.45, 7) is 0.519. The molecule has 1 heterocycles. The Morgan fingerprint density at radius 1 is 1.25 bits per heavy atom. The molecule has 1 fully saturated rings. The Balaban J connectivity index is 1.63. The molecule has 1 saturated heterocycles. The molecule has 1 atom stereocenters. The van der Waals surface area contributed by atoms with Crippen molar-refractivity contribution in [3.05, 3.63) is 64.9 Å². The fraction of sp³-hybridized carbons (Fsp3) is 0.222. The third-order valence-electron chi connectivity index (χ3n) is 3.99. The number of hydrogen-bond donors (Lipinski definition) is 1. The van der Waals surface area contributed by atoms with Crippen LogP contribution in [0.4, 0.5) is 10.1 Å². The SMILES string of the molecule is O=C(NCc1cccc(Cl)c1)[C@H]1CC(=O)N(c2ccccc2F)C1. The van der Waals surface area contributed by atoms with Crippen LogP contribution in [0.25, 0.3) is 0 Å². The number of rotatable bonds is 4. The van der Waals surface area contributed by atoms with Gasteiger partial charge in [-0.3, -0.25) is 9.59 Å². The number of carbonyl (C=O) groups excluding carboxylic acids is 2. The molecule has 6 heteroatoms. The van der Waals surface area contributed by atoms with E-state index in [9.17, 15) is 14.0 Å². The molecule has 0 aliphatic carbocycles. The van der Waals surface area contributed by atoms with Gasteiger partial charge in [-0.05, 0) is 29.8 Å². The number of carbonyl (C=O) groups is 2. The minimum absolute atomic E-state index is 0.0791. The molecule has 24 heavy (non-hydrogen) atoms. The summed E-state index contributed by atoms with van der Waals surface area (Å²) in [5.74, 6) is -1.42. The molecule has 1 aliphatic rings. The van der Waals surface area contributed by atoms with Crippen molar-refractivity contribution in [1.29, 1.82) is 0 Å². The zero-order valence-corrected chi connectivity index (χ0v) is 13.6. The van der Waals surface area contributed by atoms with Crippen LogP contribution in [-0.4, -0.2) is 18.4 Å². The van der Waals surface area contributed by atoms with Gasteiger partial charge in [-0.1, -0.05) is 35.9 Å². The van der Waals surface area contributed by atoms with Gasteiger partial charge >= 0.3 is 0 Å². The molecule has 1 N–H and O–H groups in total. The number of anilines is 1. The van der Waals surface area contributed by atoms with Gasteiger partial charge in [-0.2, -0.15) is 0 Å². The fourth-order valence-corrected chi connectivity index (χ4v) is 2.98. The van der Waals surface area contributed by atoms with Crippen LogP contribution in [0.5, 0.6) is 0 Å². The molecule has 2 aromatic rings. The summed E-state index contributed by atoms with van der Waals surface area (Å²) in [4.78, 5) is 25.7. The molecule has 124 valence electrons. The molecular weight excluding hydrogens is 331 g/mol. The summed E-state index contributed by atoms with van der Waals surface area (Å²) in [6.07, 6.45) is 0.0791. The summed E-state index contributed by atoms with van der Waals surface area (Å²) < 4.78 is 13.8. The summed E-state index contributed by atoms with van der Waals surface area (Å²) in [5, 5.41) is 3.41. The smallest absolute Gasteiger partial charge is 0.227 e. The highest BCUT2D eigenvalue weighted by molar-refractivity contribution is 6.30. The topological polar surface area (TPSA) is 49.4 Å². The van der Waals surface area contributed by atoms with E-state index in [1.165, 1.54) is 11.0 Å². The Morgan fingerprint density at radius 3 is 2.79 bits per heavy atom. The van der Waals surface area contributed by atoms with Crippen LogP contribution in [0.1, 0.15) is 12.0 Å². The lowest BCUT2D eigenvalue weighted by Gasteiger charge is -2.17. The van der Waals surface area contributed by atoms with Crippen LogP contribution < -0.4 is 10.2 Å². The lowest BCUT2D eigenvalue weighted by molar-refractivity contribution is -0.126. The molecule has 1 aliphatic heterocycles. The second-order valence-corrected chi connectivity index (χ2v) is 6.14. The van der Waals surface area contributed by atoms with Crippen LogP contribution in [0.2, 0.25) is 5.02 Å². The minimum Gasteiger partial charge on any atom is -0.352 e. The Kier molecular flexibility index (Phi) is 4.81. The van der Waals surface area contributed by atoms with E-state index in [0.29, 0.717) is 11.6 Å². The maximum Gasteiger partial charge on any atom is 0.227 e. The normalized spacial score (nSPS) is 17.2. The van der Waals surface area contributed by atoms with E-state index >= 15 is 0 Å². The standard InChI is InChI=1S/C18H16ClFN2O2/c19-14-5-3-4-12(8-14)10-21-18(24)13-9-17(23)22(11-13)16-7-2-1-6-15(16)20/h1-8,13H,9-11H2,(H,21,24)/t13-/m0/s1. The van der Waals surface area contributed by atoms with E-state index in [1.54, 1.807) is 30.3 Å². The zero-order chi connectivity index (χ0) is 17.1. The Bertz CT molecular complexity index is 781. The van der Waals surface area contributed by atoms with Crippen molar-refractivity contribution in [2.24, 2.45) is 5.92 Å². The molecule has 0 saturated carbocycles. The van der Waals surface area contributed by atoms with Crippen molar-refractivity contribution in [1.82, 2.24) is 5.32 Å². The first kappa shape index (κ1) is 16.5. The van der Waals surface area contributed by atoms with Crippen molar-refractivity contribution in [3.8, 4) is 0 Å². The minimum atomic E-state index is -0.490. The van der Waals surface area contributed by atoms with Crippen LogP contribution in [0.15, 0.2) is 48.5 Å². The van der Waals surface area contributed by atoms with Crippen molar-refractivity contribution < 1.29 is 14.0 Å². The molecule has 0 spiro atoms. The van der Waals surface area contributed by atoms with Gasteiger partial charge in [0, 0.05) is 24.5 Å². The quantitative estimate of drug-likeness (QED) is 0.924. The maximum absolute atomic E-state index is 13.8. The lowest BCUT2D eigenvalue weighted by Crippen LogP contribution is -2.32. The highest BCUT2D eigenvalue weighted by Gasteiger charge is 2.35. The fourth-order valence-electron chi connectivity index (χ4n) is 2.77. The van der Waals surface area contributed by atoms with E-state index in [0.717, 1.165) is 5.56 Å². The van der Waals surface area contributed by atoms with Gasteiger partial charge in [0.15, 0.2) is 0 Å². The highest BCUT2D eigenvalue weighted by Crippen LogP contribution is 2.27. The van der Waals surface area contributed by atoms with Gasteiger partial charge in [-0.15, -0.1) is 0 Å². The van der Waals surface area contributed by atoms with Gasteiger partial charge in [0.05, 0.1) is 11.6 Å². The van der Waals surface area contributed by atoms with Gasteiger partial charge in [0.25, 0.3) is 0 Å². The maximum atomic E-state index is 13.8. The Morgan fingerprint density at radius 2 is 2.04 bits per heavy atom. The predicted octanol–water partition coefficient (Wildman–Crippen LogP) is 3.15. The molecule has 2 aromatic carbocycles. The lowest BCUT2D eigenvalue weighted by atomic mass is 10.1. The Hall–Kier alpha value is -2.40. The number of nitrogens with one attached hydrogen (secondary N) is 1. The monoisotopic (exact) mass is 346 g/mol. The van der Waals surface area contributed by atoms with E-state index in [1.807, 2.05) is 12.1 Å². The van der Waals surface area contributed by atoms with Crippen molar-refractivity contribution in [2.45, 2.75) is 13.0 Å². The van der Waals surface area contributed by atoms with Crippen LogP contribution >= 0.6 is 11.6 Å². The number of hydrogen-bond acceptors (Lipinski definition) is 2. The number of amides is 2. The molecule has 3 rings (SSSR count). The van der Waals surface area contributed by atoms with Crippen LogP contribution in [0, 0.1) is 11.7 Å². The first-order chi connectivity index (χ1) is 11.5. The second-order valence-electron chi connectivity index (χ2n) is 5.70. The van der Waals surface area contributed by atoms with E-state index in [2.05, 4.69) is 5.32 Å². The molecule has 0 unspecified atom stereocenters. The molecule has 4 nitrogen and oxygen atoms in total. The summed E-state index contributed by atoms with van der Waals surface area (Å²) in [6, 6.07) is 13.3. The molecular formula is C18H16ClFN2O2. The zero-order valence-electron chi connectivity index (χ0n) is 12.8. The predicted molar refractivity (Wildman–Crippen MR) is 90.2 cm³/mol. The number of para-hydroxylation sites is 1. The molecule has 0 radical (unpaired) electrons. The van der Waals surface area contributed by atoms with E-state index in [4.69, 9.17) is 11.6 Å². The number of nitrogens with zero attached hydrogens (tertiary/aromatic N) is 1. The van der Waals surface area contributed by atoms with Gasteiger partial charge in [-0.25, -0.2) is 4.39 Å². The number of benzene rings is 2. The third kappa shape index (κ3) is 3.57. The average molecular weight is 347 g/mol. The summed E-state index contributed by atoms with van der Waals surface area (Å²) in [7, 11) is 0. The second kappa shape index (κ2) is 7.01. The molecule has 0 aromatic heterocycles. The van der Waals surface area contributed by atoms with Crippen LogP contribution in [-0.2, 0) is 16.1 Å². The average Bonchev–Trinajstić information content (AvgIpc) is 2.95. The van der Waals surface area contributed by atoms with E-state index < -0.39 is 11.7 Å². The molecule has 0 bridgehead atoms. The van der Waals surface area contributed by atoms with Crippen LogP contribution in [0.3, 0.4) is 0 Å². The van der Waals surface area contributed by atoms with Gasteiger partial charge in [0.1, 0.15) is 5.82 Å². The summed E-state index contributed by atoms with van der Waals surface area (Å²) >= 11 is 5.91. The number of halogens is 2. The molecule has 2 amide bonds. The Labute approximate surface area is 144 Å². The van der Waals surface area contributed by atoms with Crippen molar-refractivity contribution in [2.75, 3.05) is 11.4 Å². The summed E-state index contributed by atoms with van der Waals surface area (Å²) in [5.41, 5.74) is 1.10. The van der Waals surface area contributed by atoms with Crippen molar-refractivity contribution >= 4 is 29.1 Å².